The third-order valence-corrected chi connectivity index (χ3v) is 4.61. The molecule has 0 unspecified atom stereocenters. The Balaban J connectivity index is 2.25. The Morgan fingerprint density at radius 1 is 0.708 bits per heavy atom. The average molecular weight is 313 g/mol. The van der Waals surface area contributed by atoms with Crippen molar-refractivity contribution < 1.29 is 0 Å². The third kappa shape index (κ3) is 2.17. The molecule has 0 spiro atoms. The molecular weight excluding hydrogens is 294 g/mol. The minimum atomic E-state index is 0.779. The molecule has 0 aliphatic carbocycles. The zero-order chi connectivity index (χ0) is 16.8. The molecule has 0 bridgehead atoms. The van der Waals surface area contributed by atoms with Crippen LogP contribution >= 0.6 is 0 Å². The maximum atomic E-state index is 6.18. The number of benzene rings is 3. The monoisotopic (exact) mass is 313 g/mol. The number of aromatic nitrogens is 1. The van der Waals surface area contributed by atoms with E-state index in [0.717, 1.165) is 55.4 Å². The summed E-state index contributed by atoms with van der Waals surface area (Å²) in [6, 6.07) is 18.5. The molecule has 3 nitrogen and oxygen atoms in total. The van der Waals surface area contributed by atoms with E-state index in [1.807, 2.05) is 44.2 Å². The van der Waals surface area contributed by atoms with Crippen molar-refractivity contribution >= 4 is 33.2 Å². The first kappa shape index (κ1) is 14.5. The number of nitrogens with zero attached hydrogens (tertiary/aromatic N) is 1. The number of nitrogen functional groups attached to an aromatic ring is 2. The first-order valence-electron chi connectivity index (χ1n) is 7.99. The predicted molar refractivity (Wildman–Crippen MR) is 103 cm³/mol. The summed E-state index contributed by atoms with van der Waals surface area (Å²) in [6.45, 7) is 4.02. The molecule has 118 valence electrons. The molecule has 0 saturated carbocycles. The lowest BCUT2D eigenvalue weighted by Gasteiger charge is -2.14. The molecule has 0 atom stereocenters. The van der Waals surface area contributed by atoms with Crippen molar-refractivity contribution in [1.82, 2.24) is 4.98 Å². The third-order valence-electron chi connectivity index (χ3n) is 4.61. The lowest BCUT2D eigenvalue weighted by molar-refractivity contribution is 1.42. The van der Waals surface area contributed by atoms with Crippen molar-refractivity contribution in [2.45, 2.75) is 13.8 Å². The second kappa shape index (κ2) is 5.24. The van der Waals surface area contributed by atoms with Gasteiger partial charge in [0.2, 0.25) is 0 Å². The Morgan fingerprint density at radius 2 is 1.21 bits per heavy atom. The van der Waals surface area contributed by atoms with Gasteiger partial charge in [0.15, 0.2) is 0 Å². The summed E-state index contributed by atoms with van der Waals surface area (Å²) in [5.74, 6) is 0. The largest absolute Gasteiger partial charge is 0.398 e. The molecule has 0 aliphatic heterocycles. The molecule has 3 aromatic carbocycles. The van der Waals surface area contributed by atoms with Gasteiger partial charge in [-0.3, -0.25) is 0 Å². The highest BCUT2D eigenvalue weighted by Crippen LogP contribution is 2.37. The first-order valence-corrected chi connectivity index (χ1v) is 7.99. The number of nitrogens with two attached hydrogens (primary N) is 2. The smallest absolute Gasteiger partial charge is 0.0720 e. The number of hydrogen-bond acceptors (Lipinski definition) is 3. The number of rotatable bonds is 1. The normalized spacial score (nSPS) is 11.2. The number of aryl methyl sites for hydroxylation is 2. The number of pyridine rings is 1. The maximum Gasteiger partial charge on any atom is 0.0720 e. The van der Waals surface area contributed by atoms with Crippen LogP contribution in [0.1, 0.15) is 11.1 Å². The molecule has 1 heterocycles. The molecule has 1 aromatic heterocycles. The van der Waals surface area contributed by atoms with Gasteiger partial charge < -0.3 is 11.5 Å². The van der Waals surface area contributed by atoms with Crippen molar-refractivity contribution in [3.8, 4) is 11.1 Å². The van der Waals surface area contributed by atoms with E-state index in [2.05, 4.69) is 24.3 Å². The van der Waals surface area contributed by atoms with Gasteiger partial charge in [-0.1, -0.05) is 30.3 Å². The van der Waals surface area contributed by atoms with Crippen LogP contribution in [0.3, 0.4) is 0 Å². The summed E-state index contributed by atoms with van der Waals surface area (Å²) in [7, 11) is 0. The molecule has 0 fully saturated rings. The zero-order valence-corrected chi connectivity index (χ0v) is 13.8. The van der Waals surface area contributed by atoms with Crippen LogP contribution in [0, 0.1) is 13.8 Å². The van der Waals surface area contributed by atoms with Gasteiger partial charge in [-0.15, -0.1) is 0 Å². The summed E-state index contributed by atoms with van der Waals surface area (Å²) in [5.41, 5.74) is 20.2. The van der Waals surface area contributed by atoms with Crippen molar-refractivity contribution in [2.75, 3.05) is 11.5 Å². The molecular formula is C21H19N3. The van der Waals surface area contributed by atoms with Crippen LogP contribution in [0.5, 0.6) is 0 Å². The van der Waals surface area contributed by atoms with Crippen molar-refractivity contribution in [3.63, 3.8) is 0 Å². The fourth-order valence-corrected chi connectivity index (χ4v) is 3.20. The molecule has 0 radical (unpaired) electrons. The van der Waals surface area contributed by atoms with Crippen LogP contribution in [0.25, 0.3) is 32.9 Å². The summed E-state index contributed by atoms with van der Waals surface area (Å²) >= 11 is 0. The first-order chi connectivity index (χ1) is 11.5. The second-order valence-electron chi connectivity index (χ2n) is 6.30. The van der Waals surface area contributed by atoms with Crippen molar-refractivity contribution in [2.24, 2.45) is 0 Å². The molecule has 0 amide bonds. The average Bonchev–Trinajstić information content (AvgIpc) is 2.57. The highest BCUT2D eigenvalue weighted by atomic mass is 14.7. The van der Waals surface area contributed by atoms with E-state index >= 15 is 0 Å². The molecule has 3 heteroatoms. The standard InChI is InChI=1S/C21H19N3/c1-12-8-19-15(10-17(12)22)21(14-6-4-3-5-7-14)16-11-18(23)13(2)9-20(16)24-19/h3-11H,22-23H2,1-2H3. The van der Waals surface area contributed by atoms with E-state index in [-0.39, 0.29) is 0 Å². The van der Waals surface area contributed by atoms with Gasteiger partial charge in [-0.05, 0) is 54.8 Å². The van der Waals surface area contributed by atoms with E-state index in [9.17, 15) is 0 Å². The number of fused-ring (bicyclic) bond motifs is 2. The molecule has 4 N–H and O–H groups in total. The van der Waals surface area contributed by atoms with E-state index < -0.39 is 0 Å². The fourth-order valence-electron chi connectivity index (χ4n) is 3.20. The van der Waals surface area contributed by atoms with Gasteiger partial charge in [-0.2, -0.15) is 0 Å². The van der Waals surface area contributed by atoms with E-state index in [0.29, 0.717) is 0 Å². The van der Waals surface area contributed by atoms with E-state index in [4.69, 9.17) is 16.5 Å². The van der Waals surface area contributed by atoms with Crippen molar-refractivity contribution in [1.29, 1.82) is 0 Å². The Morgan fingerprint density at radius 3 is 1.71 bits per heavy atom. The number of anilines is 2. The van der Waals surface area contributed by atoms with Crippen LogP contribution in [0.15, 0.2) is 54.6 Å². The van der Waals surface area contributed by atoms with Gasteiger partial charge >= 0.3 is 0 Å². The highest BCUT2D eigenvalue weighted by Gasteiger charge is 2.13. The summed E-state index contributed by atoms with van der Waals surface area (Å²) in [4.78, 5) is 4.86. The fraction of sp³-hybridized carbons (Fsp3) is 0.0952. The Bertz CT molecular complexity index is 1020. The predicted octanol–water partition coefficient (Wildman–Crippen LogP) is 4.84. The Kier molecular flexibility index (Phi) is 3.17. The maximum absolute atomic E-state index is 6.18. The van der Waals surface area contributed by atoms with Gasteiger partial charge in [0.1, 0.15) is 0 Å². The minimum absolute atomic E-state index is 0.779. The lowest BCUT2D eigenvalue weighted by Crippen LogP contribution is -1.96. The quantitative estimate of drug-likeness (QED) is 0.390. The van der Waals surface area contributed by atoms with Gasteiger partial charge in [0.25, 0.3) is 0 Å². The number of hydrogen-bond donors (Lipinski definition) is 2. The van der Waals surface area contributed by atoms with Crippen LogP contribution < -0.4 is 11.5 Å². The second-order valence-corrected chi connectivity index (χ2v) is 6.30. The SMILES string of the molecule is Cc1cc2nc3cc(C)c(N)cc3c(-c3ccccc3)c2cc1N. The lowest BCUT2D eigenvalue weighted by atomic mass is 9.94. The minimum Gasteiger partial charge on any atom is -0.398 e. The summed E-state index contributed by atoms with van der Waals surface area (Å²) < 4.78 is 0. The van der Waals surface area contributed by atoms with E-state index in [1.165, 1.54) is 0 Å². The van der Waals surface area contributed by atoms with Crippen molar-refractivity contribution in [3.05, 3.63) is 65.7 Å². The van der Waals surface area contributed by atoms with Crippen LogP contribution in [0.2, 0.25) is 0 Å². The van der Waals surface area contributed by atoms with Gasteiger partial charge in [-0.25, -0.2) is 4.98 Å². The molecule has 0 aliphatic rings. The molecule has 4 aromatic rings. The van der Waals surface area contributed by atoms with E-state index in [1.54, 1.807) is 0 Å². The van der Waals surface area contributed by atoms with Gasteiger partial charge in [0, 0.05) is 27.7 Å². The van der Waals surface area contributed by atoms with Crippen LogP contribution in [0.4, 0.5) is 11.4 Å². The Labute approximate surface area is 140 Å². The molecule has 4 rings (SSSR count). The summed E-state index contributed by atoms with van der Waals surface area (Å²) in [5, 5.41) is 2.11. The molecule has 24 heavy (non-hydrogen) atoms. The molecule has 0 saturated heterocycles. The zero-order valence-electron chi connectivity index (χ0n) is 13.8. The topological polar surface area (TPSA) is 64.9 Å². The Hall–Kier alpha value is -3.07. The summed E-state index contributed by atoms with van der Waals surface area (Å²) in [6.07, 6.45) is 0. The van der Waals surface area contributed by atoms with Gasteiger partial charge in [0.05, 0.1) is 11.0 Å². The van der Waals surface area contributed by atoms with Crippen LogP contribution in [-0.2, 0) is 0 Å². The van der Waals surface area contributed by atoms with Crippen LogP contribution in [-0.4, -0.2) is 4.98 Å². The highest BCUT2D eigenvalue weighted by molar-refractivity contribution is 6.11.